The van der Waals surface area contributed by atoms with Crippen LogP contribution in [0.2, 0.25) is 5.15 Å². The molecule has 0 aliphatic carbocycles. The lowest BCUT2D eigenvalue weighted by Crippen LogP contribution is -2.00. The van der Waals surface area contributed by atoms with Crippen LogP contribution in [0.1, 0.15) is 0 Å². The summed E-state index contributed by atoms with van der Waals surface area (Å²) in [5.74, 6) is 1.19. The van der Waals surface area contributed by atoms with Crippen LogP contribution < -0.4 is 27.7 Å². The van der Waals surface area contributed by atoms with Crippen LogP contribution in [-0.2, 0) is 0 Å². The first kappa shape index (κ1) is 14.5. The molecule has 19 heavy (non-hydrogen) atoms. The van der Waals surface area contributed by atoms with E-state index < -0.39 is 0 Å². The first-order valence-electron chi connectivity index (χ1n) is 4.90. The fourth-order valence-corrected chi connectivity index (χ4v) is 1.22. The summed E-state index contributed by atoms with van der Waals surface area (Å²) in [4.78, 5) is 14.5. The standard InChI is InChI=1S/C5H8N4O.C4H5ClN4/c1-10-4-2-3(6)8-5(7)9-4;5-2-1-3(6)9-4(7)8-2/h2H,1H3,(H4,6,7,8,9);1H,(H4,6,7,8,9). The number of halogens is 1. The number of ether oxygens (including phenoxy) is 1. The van der Waals surface area contributed by atoms with Crippen molar-refractivity contribution in [3.8, 4) is 5.88 Å². The summed E-state index contributed by atoms with van der Waals surface area (Å²) in [6, 6.07) is 2.92. The van der Waals surface area contributed by atoms with E-state index in [1.54, 1.807) is 0 Å². The van der Waals surface area contributed by atoms with E-state index in [1.165, 1.54) is 19.2 Å². The molecule has 2 heterocycles. The van der Waals surface area contributed by atoms with E-state index in [0.29, 0.717) is 11.7 Å². The molecule has 9 nitrogen and oxygen atoms in total. The molecule has 0 spiro atoms. The van der Waals surface area contributed by atoms with Crippen molar-refractivity contribution in [2.45, 2.75) is 0 Å². The largest absolute Gasteiger partial charge is 0.481 e. The van der Waals surface area contributed by atoms with Crippen LogP contribution in [0, 0.1) is 0 Å². The van der Waals surface area contributed by atoms with Gasteiger partial charge in [0.1, 0.15) is 16.8 Å². The summed E-state index contributed by atoms with van der Waals surface area (Å²) in [6.45, 7) is 0. The van der Waals surface area contributed by atoms with Gasteiger partial charge in [-0.3, -0.25) is 0 Å². The van der Waals surface area contributed by atoms with Gasteiger partial charge in [0.05, 0.1) is 7.11 Å². The predicted molar refractivity (Wildman–Crippen MR) is 73.3 cm³/mol. The van der Waals surface area contributed by atoms with Crippen molar-refractivity contribution < 1.29 is 4.74 Å². The van der Waals surface area contributed by atoms with Gasteiger partial charge in [-0.15, -0.1) is 0 Å². The van der Waals surface area contributed by atoms with E-state index in [9.17, 15) is 0 Å². The fraction of sp³-hybridized carbons (Fsp3) is 0.111. The number of hydrogen-bond donors (Lipinski definition) is 4. The summed E-state index contributed by atoms with van der Waals surface area (Å²) >= 11 is 5.44. The second kappa shape index (κ2) is 6.40. The van der Waals surface area contributed by atoms with Gasteiger partial charge in [-0.05, 0) is 0 Å². The zero-order valence-corrected chi connectivity index (χ0v) is 10.8. The molecule has 2 aromatic heterocycles. The molecule has 0 radical (unpaired) electrons. The molecule has 102 valence electrons. The van der Waals surface area contributed by atoms with Gasteiger partial charge in [0.15, 0.2) is 0 Å². The Bertz CT molecular complexity index is 493. The summed E-state index contributed by atoms with van der Waals surface area (Å²) in [7, 11) is 1.49. The van der Waals surface area contributed by atoms with Crippen molar-refractivity contribution in [1.29, 1.82) is 0 Å². The van der Waals surface area contributed by atoms with Crippen molar-refractivity contribution >= 4 is 35.1 Å². The van der Waals surface area contributed by atoms with E-state index in [2.05, 4.69) is 19.9 Å². The van der Waals surface area contributed by atoms with Crippen LogP contribution in [0.15, 0.2) is 12.1 Å². The number of aromatic nitrogens is 4. The van der Waals surface area contributed by atoms with Crippen LogP contribution in [0.25, 0.3) is 0 Å². The third kappa shape index (κ3) is 5.08. The number of nitrogen functional groups attached to an aromatic ring is 4. The van der Waals surface area contributed by atoms with E-state index in [4.69, 9.17) is 39.3 Å². The SMILES string of the molecule is COc1cc(N)nc(N)n1.Nc1cc(Cl)nc(N)n1. The quantitative estimate of drug-likeness (QED) is 0.525. The highest BCUT2D eigenvalue weighted by molar-refractivity contribution is 6.29. The maximum absolute atomic E-state index is 5.44. The molecule has 0 aliphatic heterocycles. The monoisotopic (exact) mass is 284 g/mol. The Morgan fingerprint density at radius 2 is 1.42 bits per heavy atom. The second-order valence-electron chi connectivity index (χ2n) is 3.17. The first-order chi connectivity index (χ1) is 8.90. The van der Waals surface area contributed by atoms with Gasteiger partial charge < -0.3 is 27.7 Å². The van der Waals surface area contributed by atoms with E-state index >= 15 is 0 Å². The summed E-state index contributed by atoms with van der Waals surface area (Å²) in [5, 5.41) is 0.264. The maximum atomic E-state index is 5.44. The molecule has 0 saturated carbocycles. The van der Waals surface area contributed by atoms with Gasteiger partial charge in [-0.2, -0.15) is 15.0 Å². The average molecular weight is 285 g/mol. The molecule has 0 unspecified atom stereocenters. The highest BCUT2D eigenvalue weighted by Crippen LogP contribution is 2.10. The molecule has 0 saturated heterocycles. The van der Waals surface area contributed by atoms with Crippen molar-refractivity contribution in [3.05, 3.63) is 17.3 Å². The maximum Gasteiger partial charge on any atom is 0.225 e. The van der Waals surface area contributed by atoms with Crippen molar-refractivity contribution in [1.82, 2.24) is 19.9 Å². The molecule has 2 rings (SSSR count). The number of anilines is 4. The lowest BCUT2D eigenvalue weighted by Gasteiger charge is -1.99. The van der Waals surface area contributed by atoms with E-state index in [1.807, 2.05) is 0 Å². The minimum atomic E-state index is 0.0972. The third-order valence-electron chi connectivity index (χ3n) is 1.68. The predicted octanol–water partition coefficient (Wildman–Crippen LogP) is -0.0560. The molecule has 0 atom stereocenters. The molecule has 0 aromatic carbocycles. The highest BCUT2D eigenvalue weighted by atomic mass is 35.5. The van der Waals surface area contributed by atoms with Gasteiger partial charge in [0.25, 0.3) is 0 Å². The number of rotatable bonds is 1. The van der Waals surface area contributed by atoms with Crippen molar-refractivity contribution in [2.24, 2.45) is 0 Å². The van der Waals surface area contributed by atoms with Crippen molar-refractivity contribution in [2.75, 3.05) is 30.0 Å². The van der Waals surface area contributed by atoms with Gasteiger partial charge in [-0.25, -0.2) is 4.98 Å². The topological polar surface area (TPSA) is 165 Å². The van der Waals surface area contributed by atoms with Gasteiger partial charge in [0.2, 0.25) is 17.8 Å². The van der Waals surface area contributed by atoms with E-state index in [-0.39, 0.29) is 22.9 Å². The fourth-order valence-electron chi connectivity index (χ4n) is 1.02. The lowest BCUT2D eigenvalue weighted by atomic mass is 10.6. The van der Waals surface area contributed by atoms with Gasteiger partial charge >= 0.3 is 0 Å². The second-order valence-corrected chi connectivity index (χ2v) is 3.55. The van der Waals surface area contributed by atoms with E-state index in [0.717, 1.165) is 0 Å². The molecular weight excluding hydrogens is 272 g/mol. The average Bonchev–Trinajstić information content (AvgIpc) is 2.26. The normalized spacial score (nSPS) is 9.37. The Labute approximate surface area is 114 Å². The number of nitrogens with zero attached hydrogens (tertiary/aromatic N) is 4. The molecule has 0 fully saturated rings. The Hall–Kier alpha value is -2.55. The van der Waals surface area contributed by atoms with Crippen LogP contribution >= 0.6 is 11.6 Å². The molecule has 0 bridgehead atoms. The minimum absolute atomic E-state index is 0.0972. The van der Waals surface area contributed by atoms with Crippen LogP contribution in [0.5, 0.6) is 5.88 Å². The Kier molecular flexibility index (Phi) is 4.89. The summed E-state index contributed by atoms with van der Waals surface area (Å²) in [5.41, 5.74) is 21.0. The summed E-state index contributed by atoms with van der Waals surface area (Å²) < 4.78 is 4.76. The molecule has 10 heteroatoms. The molecular formula is C9H13ClN8O. The van der Waals surface area contributed by atoms with Crippen LogP contribution in [0.4, 0.5) is 23.5 Å². The molecule has 0 amide bonds. The Balaban J connectivity index is 0.000000191. The molecule has 8 N–H and O–H groups in total. The first-order valence-corrected chi connectivity index (χ1v) is 5.28. The zero-order chi connectivity index (χ0) is 14.4. The van der Waals surface area contributed by atoms with Gasteiger partial charge in [-0.1, -0.05) is 11.6 Å². The number of methoxy groups -OCH3 is 1. The van der Waals surface area contributed by atoms with Crippen molar-refractivity contribution in [3.63, 3.8) is 0 Å². The lowest BCUT2D eigenvalue weighted by molar-refractivity contribution is 0.398. The summed E-state index contributed by atoms with van der Waals surface area (Å²) in [6.07, 6.45) is 0. The highest BCUT2D eigenvalue weighted by Gasteiger charge is 1.96. The minimum Gasteiger partial charge on any atom is -0.481 e. The van der Waals surface area contributed by atoms with Gasteiger partial charge in [0, 0.05) is 12.1 Å². The molecule has 0 aliphatic rings. The third-order valence-corrected chi connectivity index (χ3v) is 1.87. The van der Waals surface area contributed by atoms with Crippen LogP contribution in [-0.4, -0.2) is 27.0 Å². The molecule has 2 aromatic rings. The number of hydrogen-bond acceptors (Lipinski definition) is 9. The smallest absolute Gasteiger partial charge is 0.225 e. The van der Waals surface area contributed by atoms with Crippen LogP contribution in [0.3, 0.4) is 0 Å². The number of nitrogens with two attached hydrogens (primary N) is 4. The Morgan fingerprint density at radius 1 is 0.895 bits per heavy atom. The Morgan fingerprint density at radius 3 is 1.84 bits per heavy atom. The zero-order valence-electron chi connectivity index (χ0n) is 10.0.